The Labute approximate surface area is 227 Å². The summed E-state index contributed by atoms with van der Waals surface area (Å²) in [4.78, 5) is 35.4. The first-order valence-corrected chi connectivity index (χ1v) is 13.4. The molecule has 14 heteroatoms. The summed E-state index contributed by atoms with van der Waals surface area (Å²) in [6.45, 7) is 2.53. The van der Waals surface area contributed by atoms with Gasteiger partial charge in [0.2, 0.25) is 0 Å². The van der Waals surface area contributed by atoms with Crippen LogP contribution in [0.25, 0.3) is 0 Å². The average molecular weight is 579 g/mol. The SMILES string of the molecule is CC(c1ccncc1CO)C1(C(C)c2ccncc2CO)NC(=O)N(c2ccc(S(=O)(=O)C(F)(F)F)cc2)C1=O. The van der Waals surface area contributed by atoms with E-state index in [1.54, 1.807) is 26.0 Å². The first-order chi connectivity index (χ1) is 18.8. The summed E-state index contributed by atoms with van der Waals surface area (Å²) in [5.74, 6) is -2.36. The van der Waals surface area contributed by atoms with Crippen LogP contribution >= 0.6 is 0 Å². The molecule has 1 saturated heterocycles. The Kier molecular flexibility index (Phi) is 7.71. The Bertz CT molecular complexity index is 1490. The Hall–Kier alpha value is -3.88. The first-order valence-electron chi connectivity index (χ1n) is 12.0. The highest BCUT2D eigenvalue weighted by Crippen LogP contribution is 2.46. The number of hydrogen-bond donors (Lipinski definition) is 3. The van der Waals surface area contributed by atoms with Crippen molar-refractivity contribution in [2.45, 2.75) is 54.8 Å². The number of aliphatic hydroxyl groups excluding tert-OH is 2. The van der Waals surface area contributed by atoms with Gasteiger partial charge in [0, 0.05) is 36.6 Å². The lowest BCUT2D eigenvalue weighted by Gasteiger charge is -2.39. The number of imide groups is 1. The van der Waals surface area contributed by atoms with E-state index in [1.165, 1.54) is 24.8 Å². The second-order valence-electron chi connectivity index (χ2n) is 9.29. The highest BCUT2D eigenvalue weighted by atomic mass is 32.2. The number of alkyl halides is 3. The highest BCUT2D eigenvalue weighted by molar-refractivity contribution is 7.92. The third-order valence-corrected chi connectivity index (χ3v) is 8.81. The van der Waals surface area contributed by atoms with Crippen LogP contribution in [-0.4, -0.2) is 51.6 Å². The number of aliphatic hydroxyl groups is 2. The topological polar surface area (TPSA) is 150 Å². The lowest BCUT2D eigenvalue weighted by molar-refractivity contribution is -0.123. The van der Waals surface area contributed by atoms with Crippen LogP contribution in [-0.2, 0) is 27.8 Å². The van der Waals surface area contributed by atoms with Crippen molar-refractivity contribution in [2.75, 3.05) is 4.90 Å². The number of amides is 3. The zero-order valence-electron chi connectivity index (χ0n) is 21.3. The molecule has 3 N–H and O–H groups in total. The van der Waals surface area contributed by atoms with Gasteiger partial charge in [-0.15, -0.1) is 0 Å². The molecule has 3 aromatic rings. The molecule has 212 valence electrons. The van der Waals surface area contributed by atoms with Crippen LogP contribution in [0.3, 0.4) is 0 Å². The van der Waals surface area contributed by atoms with Gasteiger partial charge in [0.05, 0.1) is 23.8 Å². The van der Waals surface area contributed by atoms with Crippen molar-refractivity contribution in [1.29, 1.82) is 0 Å². The lowest BCUT2D eigenvalue weighted by Crippen LogP contribution is -2.55. The summed E-state index contributed by atoms with van der Waals surface area (Å²) >= 11 is 0. The molecule has 0 aliphatic carbocycles. The van der Waals surface area contributed by atoms with Crippen LogP contribution in [0.15, 0.2) is 66.1 Å². The zero-order valence-corrected chi connectivity index (χ0v) is 22.1. The van der Waals surface area contributed by atoms with Gasteiger partial charge in [-0.3, -0.25) is 14.8 Å². The van der Waals surface area contributed by atoms with Crippen molar-refractivity contribution in [3.63, 3.8) is 0 Å². The van der Waals surface area contributed by atoms with Crippen molar-refractivity contribution >= 4 is 27.5 Å². The number of rotatable bonds is 8. The second-order valence-corrected chi connectivity index (χ2v) is 11.2. The first kappa shape index (κ1) is 29.1. The van der Waals surface area contributed by atoms with Crippen molar-refractivity contribution in [3.8, 4) is 0 Å². The Morgan fingerprint density at radius 3 is 1.80 bits per heavy atom. The molecule has 2 atom stereocenters. The van der Waals surface area contributed by atoms with E-state index < -0.39 is 62.8 Å². The number of hydrogen-bond acceptors (Lipinski definition) is 8. The minimum Gasteiger partial charge on any atom is -0.392 e. The molecule has 3 heterocycles. The minimum absolute atomic E-state index is 0.154. The van der Waals surface area contributed by atoms with E-state index in [1.807, 2.05) is 0 Å². The van der Waals surface area contributed by atoms with Crippen LogP contribution in [0.1, 0.15) is 47.9 Å². The summed E-state index contributed by atoms with van der Waals surface area (Å²) in [5.41, 5.74) is -5.58. The van der Waals surface area contributed by atoms with Gasteiger partial charge >= 0.3 is 11.5 Å². The van der Waals surface area contributed by atoms with Gasteiger partial charge in [0.15, 0.2) is 0 Å². The van der Waals surface area contributed by atoms with E-state index in [0.717, 1.165) is 17.0 Å². The smallest absolute Gasteiger partial charge is 0.392 e. The number of urea groups is 1. The molecule has 1 fully saturated rings. The monoisotopic (exact) mass is 578 g/mol. The van der Waals surface area contributed by atoms with Crippen LogP contribution in [0, 0.1) is 0 Å². The van der Waals surface area contributed by atoms with Crippen molar-refractivity contribution in [1.82, 2.24) is 15.3 Å². The Morgan fingerprint density at radius 2 is 1.38 bits per heavy atom. The van der Waals surface area contributed by atoms with Crippen molar-refractivity contribution in [3.05, 3.63) is 83.4 Å². The summed E-state index contributed by atoms with van der Waals surface area (Å²) in [6.07, 6.45) is 5.78. The molecule has 40 heavy (non-hydrogen) atoms. The number of carbonyl (C=O) groups excluding carboxylic acids is 2. The Morgan fingerprint density at radius 1 is 0.900 bits per heavy atom. The average Bonchev–Trinajstić information content (AvgIpc) is 3.21. The molecule has 0 bridgehead atoms. The fourth-order valence-electron chi connectivity index (χ4n) is 5.14. The molecule has 2 aromatic heterocycles. The van der Waals surface area contributed by atoms with Crippen LogP contribution in [0.4, 0.5) is 23.7 Å². The molecule has 1 aliphatic heterocycles. The maximum absolute atomic E-state index is 14.3. The molecular weight excluding hydrogens is 553 g/mol. The van der Waals surface area contributed by atoms with Gasteiger partial charge in [0.25, 0.3) is 15.7 Å². The zero-order chi connectivity index (χ0) is 29.5. The number of sulfone groups is 1. The number of nitrogens with one attached hydrogen (secondary N) is 1. The van der Waals surface area contributed by atoms with Gasteiger partial charge in [-0.05, 0) is 58.7 Å². The summed E-state index contributed by atoms with van der Waals surface area (Å²) in [7, 11) is -5.64. The predicted molar refractivity (Wildman–Crippen MR) is 136 cm³/mol. The minimum atomic E-state index is -5.64. The van der Waals surface area contributed by atoms with E-state index in [-0.39, 0.29) is 5.69 Å². The van der Waals surface area contributed by atoms with Crippen molar-refractivity contribution < 1.29 is 41.4 Å². The number of halogens is 3. The van der Waals surface area contributed by atoms with E-state index in [0.29, 0.717) is 34.4 Å². The molecule has 2 unspecified atom stereocenters. The fourth-order valence-corrected chi connectivity index (χ4v) is 5.91. The van der Waals surface area contributed by atoms with E-state index in [9.17, 15) is 41.4 Å². The quantitative estimate of drug-likeness (QED) is 0.345. The van der Waals surface area contributed by atoms with Crippen LogP contribution < -0.4 is 10.2 Å². The summed E-state index contributed by atoms with van der Waals surface area (Å²) in [6, 6.07) is 5.54. The number of benzene rings is 1. The number of nitrogens with zero attached hydrogens (tertiary/aromatic N) is 3. The number of aromatic nitrogens is 2. The van der Waals surface area contributed by atoms with Crippen molar-refractivity contribution in [2.24, 2.45) is 0 Å². The number of anilines is 1. The highest BCUT2D eigenvalue weighted by Gasteiger charge is 2.59. The fraction of sp³-hybridized carbons (Fsp3) is 0.308. The predicted octanol–water partition coefficient (Wildman–Crippen LogP) is 3.16. The maximum Gasteiger partial charge on any atom is 0.501 e. The largest absolute Gasteiger partial charge is 0.501 e. The molecule has 1 aromatic carbocycles. The second kappa shape index (κ2) is 10.6. The lowest BCUT2D eigenvalue weighted by atomic mass is 9.68. The third kappa shape index (κ3) is 4.61. The van der Waals surface area contributed by atoms with Gasteiger partial charge in [-0.25, -0.2) is 18.1 Å². The maximum atomic E-state index is 14.3. The van der Waals surface area contributed by atoms with Gasteiger partial charge < -0.3 is 15.5 Å². The molecule has 3 amide bonds. The van der Waals surface area contributed by atoms with E-state index >= 15 is 0 Å². The normalized spacial score (nSPS) is 19.4. The summed E-state index contributed by atoms with van der Waals surface area (Å²) in [5, 5.41) is 22.6. The van der Waals surface area contributed by atoms with Gasteiger partial charge in [-0.2, -0.15) is 13.2 Å². The molecule has 4 rings (SSSR count). The van der Waals surface area contributed by atoms with Crippen LogP contribution in [0.2, 0.25) is 0 Å². The van der Waals surface area contributed by atoms with Gasteiger partial charge in [0.1, 0.15) is 5.54 Å². The molecule has 1 aliphatic rings. The number of carbonyl (C=O) groups is 2. The molecule has 0 saturated carbocycles. The molecule has 0 spiro atoms. The summed E-state index contributed by atoms with van der Waals surface area (Å²) < 4.78 is 62.6. The van der Waals surface area contributed by atoms with E-state index in [4.69, 9.17) is 0 Å². The standard InChI is InChI=1S/C26H25F3N4O6S/c1-15(21-7-9-30-11-17(21)13-34)25(16(2)22-8-10-31-12-18(22)14-35)23(36)33(24(37)32-25)19-3-5-20(6-4-19)40(38,39)26(27,28)29/h3-12,15-16,34-35H,13-14H2,1-2H3,(H,32,37). The van der Waals surface area contributed by atoms with Gasteiger partial charge in [-0.1, -0.05) is 13.8 Å². The molecular formula is C26H25F3N4O6S. The molecule has 0 radical (unpaired) electrons. The van der Waals surface area contributed by atoms with Crippen LogP contribution in [0.5, 0.6) is 0 Å². The third-order valence-electron chi connectivity index (χ3n) is 7.31. The number of pyridine rings is 2. The molecule has 10 nitrogen and oxygen atoms in total. The van der Waals surface area contributed by atoms with E-state index in [2.05, 4.69) is 15.3 Å². The Balaban J connectivity index is 1.86.